The highest BCUT2D eigenvalue weighted by atomic mass is 35.5. The third-order valence-corrected chi connectivity index (χ3v) is 5.85. The number of nitrogen functional groups attached to an aromatic ring is 1. The van der Waals surface area contributed by atoms with E-state index in [0.717, 1.165) is 19.3 Å². The zero-order valence-electron chi connectivity index (χ0n) is 12.1. The van der Waals surface area contributed by atoms with Crippen molar-refractivity contribution in [1.29, 1.82) is 0 Å². The molecule has 1 aromatic rings. The Hall–Kier alpha value is -1.07. The van der Waals surface area contributed by atoms with Gasteiger partial charge in [0.15, 0.2) is 0 Å². The molecular weight excluding hydrogens is 308 g/mol. The molecule has 4 nitrogen and oxygen atoms in total. The molecule has 0 radical (unpaired) electrons. The lowest BCUT2D eigenvalue weighted by Gasteiger charge is -2.25. The van der Waals surface area contributed by atoms with Crippen LogP contribution >= 0.6 is 11.6 Å². The monoisotopic (exact) mass is 328 g/mol. The highest BCUT2D eigenvalue weighted by Gasteiger charge is 2.25. The van der Waals surface area contributed by atoms with Crippen molar-refractivity contribution in [2.75, 3.05) is 16.8 Å². The molecule has 2 rings (SSSR count). The van der Waals surface area contributed by atoms with Crippen LogP contribution in [0, 0.1) is 5.92 Å². The summed E-state index contributed by atoms with van der Waals surface area (Å²) >= 11 is 6.00. The fourth-order valence-corrected chi connectivity index (χ4v) is 4.39. The summed E-state index contributed by atoms with van der Waals surface area (Å²) in [4.78, 5) is 12.0. The lowest BCUT2D eigenvalue weighted by atomic mass is 9.91. The first-order valence-corrected chi connectivity index (χ1v) is 8.93. The van der Waals surface area contributed by atoms with Gasteiger partial charge in [0.2, 0.25) is 5.91 Å². The van der Waals surface area contributed by atoms with Gasteiger partial charge in [-0.1, -0.05) is 31.4 Å². The second kappa shape index (κ2) is 7.27. The molecule has 6 heteroatoms. The highest BCUT2D eigenvalue weighted by Crippen LogP contribution is 2.27. The first-order valence-electron chi connectivity index (χ1n) is 7.17. The highest BCUT2D eigenvalue weighted by molar-refractivity contribution is 7.86. The maximum Gasteiger partial charge on any atom is 0.237 e. The summed E-state index contributed by atoms with van der Waals surface area (Å²) in [5, 5.41) is 3.25. The molecule has 1 aliphatic carbocycles. The number of anilines is 2. The molecule has 1 amide bonds. The Morgan fingerprint density at radius 2 is 2.24 bits per heavy atom. The van der Waals surface area contributed by atoms with E-state index in [2.05, 4.69) is 12.2 Å². The van der Waals surface area contributed by atoms with Crippen molar-refractivity contribution in [3.63, 3.8) is 0 Å². The smallest absolute Gasteiger partial charge is 0.237 e. The third-order valence-electron chi connectivity index (χ3n) is 3.80. The SMILES string of the molecule is CC1CCCC(S(=O)CC(=O)Nc2cc(N)ccc2Cl)C1. The summed E-state index contributed by atoms with van der Waals surface area (Å²) in [6.45, 7) is 2.18. The van der Waals surface area contributed by atoms with Crippen molar-refractivity contribution in [3.05, 3.63) is 23.2 Å². The summed E-state index contributed by atoms with van der Waals surface area (Å²) in [7, 11) is -1.13. The molecule has 3 unspecified atom stereocenters. The molecule has 1 aromatic carbocycles. The van der Waals surface area contributed by atoms with Crippen molar-refractivity contribution in [2.45, 2.75) is 37.9 Å². The molecule has 1 saturated carbocycles. The predicted molar refractivity (Wildman–Crippen MR) is 88.9 cm³/mol. The molecule has 116 valence electrons. The van der Waals surface area contributed by atoms with Gasteiger partial charge >= 0.3 is 0 Å². The maximum absolute atomic E-state index is 12.3. The van der Waals surface area contributed by atoms with E-state index in [4.69, 9.17) is 17.3 Å². The van der Waals surface area contributed by atoms with E-state index in [1.165, 1.54) is 6.42 Å². The van der Waals surface area contributed by atoms with Gasteiger partial charge in [-0.25, -0.2) is 0 Å². The molecule has 3 atom stereocenters. The molecule has 3 N–H and O–H groups in total. The van der Waals surface area contributed by atoms with E-state index in [1.807, 2.05) is 0 Å². The Balaban J connectivity index is 1.92. The van der Waals surface area contributed by atoms with Gasteiger partial charge in [-0.2, -0.15) is 0 Å². The zero-order valence-corrected chi connectivity index (χ0v) is 13.7. The Kier molecular flexibility index (Phi) is 5.65. The Bertz CT molecular complexity index is 550. The van der Waals surface area contributed by atoms with Gasteiger partial charge in [0.1, 0.15) is 5.75 Å². The molecule has 0 bridgehead atoms. The first kappa shape index (κ1) is 16.3. The van der Waals surface area contributed by atoms with Crippen LogP contribution in [0.15, 0.2) is 18.2 Å². The predicted octanol–water partition coefficient (Wildman–Crippen LogP) is 3.19. The molecular formula is C15H21ClN2O2S. The minimum Gasteiger partial charge on any atom is -0.399 e. The van der Waals surface area contributed by atoms with Gasteiger partial charge < -0.3 is 11.1 Å². The lowest BCUT2D eigenvalue weighted by Crippen LogP contribution is -2.29. The largest absolute Gasteiger partial charge is 0.399 e. The molecule has 0 aliphatic heterocycles. The Labute approximate surface area is 132 Å². The minimum absolute atomic E-state index is 0.0164. The molecule has 0 spiro atoms. The third kappa shape index (κ3) is 4.71. The standard InChI is InChI=1S/C15H21ClN2O2S/c1-10-3-2-4-12(7-10)21(20)9-15(19)18-14-8-11(17)5-6-13(14)16/h5-6,8,10,12H,2-4,7,9,17H2,1H3,(H,18,19). The number of hydrogen-bond donors (Lipinski definition) is 2. The van der Waals surface area contributed by atoms with Crippen molar-refractivity contribution in [3.8, 4) is 0 Å². The Morgan fingerprint density at radius 3 is 2.95 bits per heavy atom. The zero-order chi connectivity index (χ0) is 15.4. The summed E-state index contributed by atoms with van der Waals surface area (Å²) in [5.41, 5.74) is 6.66. The first-order chi connectivity index (χ1) is 9.95. The summed E-state index contributed by atoms with van der Waals surface area (Å²) in [5.74, 6) is 0.334. The summed E-state index contributed by atoms with van der Waals surface area (Å²) in [6.07, 6.45) is 4.18. The second-order valence-electron chi connectivity index (χ2n) is 5.71. The number of nitrogens with one attached hydrogen (secondary N) is 1. The van der Waals surface area contributed by atoms with Crippen molar-refractivity contribution in [1.82, 2.24) is 0 Å². The summed E-state index contributed by atoms with van der Waals surface area (Å²) in [6, 6.07) is 4.90. The number of halogens is 1. The van der Waals surface area contributed by atoms with E-state index < -0.39 is 10.8 Å². The Morgan fingerprint density at radius 1 is 1.48 bits per heavy atom. The number of benzene rings is 1. The van der Waals surface area contributed by atoms with E-state index >= 15 is 0 Å². The van der Waals surface area contributed by atoms with Crippen LogP contribution in [0.25, 0.3) is 0 Å². The van der Waals surface area contributed by atoms with Gasteiger partial charge in [0.05, 0.1) is 10.7 Å². The quantitative estimate of drug-likeness (QED) is 0.834. The molecule has 0 saturated heterocycles. The van der Waals surface area contributed by atoms with Crippen LogP contribution in [0.3, 0.4) is 0 Å². The van der Waals surface area contributed by atoms with Gasteiger partial charge in [-0.05, 0) is 37.0 Å². The van der Waals surface area contributed by atoms with Crippen LogP contribution in [0.1, 0.15) is 32.6 Å². The van der Waals surface area contributed by atoms with Crippen LogP contribution in [-0.2, 0) is 15.6 Å². The van der Waals surface area contributed by atoms with Crippen LogP contribution in [0.4, 0.5) is 11.4 Å². The molecule has 21 heavy (non-hydrogen) atoms. The van der Waals surface area contributed by atoms with Gasteiger partial charge in [0, 0.05) is 21.7 Å². The number of hydrogen-bond acceptors (Lipinski definition) is 3. The van der Waals surface area contributed by atoms with E-state index in [9.17, 15) is 9.00 Å². The van der Waals surface area contributed by atoms with E-state index in [1.54, 1.807) is 18.2 Å². The minimum atomic E-state index is -1.13. The number of nitrogens with two attached hydrogens (primary N) is 1. The average molecular weight is 329 g/mol. The number of rotatable bonds is 4. The normalized spacial score (nSPS) is 23.5. The number of carbonyl (C=O) groups excluding carboxylic acids is 1. The van der Waals surface area contributed by atoms with Gasteiger partial charge in [-0.3, -0.25) is 9.00 Å². The summed E-state index contributed by atoms with van der Waals surface area (Å²) < 4.78 is 12.3. The average Bonchev–Trinajstić information content (AvgIpc) is 2.42. The number of carbonyl (C=O) groups is 1. The van der Waals surface area contributed by atoms with E-state index in [-0.39, 0.29) is 16.9 Å². The lowest BCUT2D eigenvalue weighted by molar-refractivity contribution is -0.113. The fraction of sp³-hybridized carbons (Fsp3) is 0.533. The van der Waals surface area contributed by atoms with Crippen molar-refractivity contribution in [2.24, 2.45) is 5.92 Å². The molecule has 1 fully saturated rings. The maximum atomic E-state index is 12.3. The van der Waals surface area contributed by atoms with Crippen LogP contribution in [-0.4, -0.2) is 21.1 Å². The van der Waals surface area contributed by atoms with Crippen molar-refractivity contribution >= 4 is 39.7 Å². The topological polar surface area (TPSA) is 72.2 Å². The fourth-order valence-electron chi connectivity index (χ4n) is 2.69. The van der Waals surface area contributed by atoms with Crippen molar-refractivity contribution < 1.29 is 9.00 Å². The van der Waals surface area contributed by atoms with Crippen LogP contribution in [0.5, 0.6) is 0 Å². The van der Waals surface area contributed by atoms with Crippen LogP contribution < -0.4 is 11.1 Å². The number of amides is 1. The van der Waals surface area contributed by atoms with Crippen LogP contribution in [0.2, 0.25) is 5.02 Å². The molecule has 0 aromatic heterocycles. The van der Waals surface area contributed by atoms with Gasteiger partial charge in [-0.15, -0.1) is 0 Å². The molecule has 0 heterocycles. The van der Waals surface area contributed by atoms with Gasteiger partial charge in [0.25, 0.3) is 0 Å². The second-order valence-corrected chi connectivity index (χ2v) is 7.83. The molecule has 1 aliphatic rings. The van der Waals surface area contributed by atoms with E-state index in [0.29, 0.717) is 22.3 Å².